The predicted octanol–water partition coefficient (Wildman–Crippen LogP) is 4.01. The lowest BCUT2D eigenvalue weighted by atomic mass is 10.0. The Hall–Kier alpha value is -1.82. The van der Waals surface area contributed by atoms with Crippen LogP contribution in [0.15, 0.2) is 12.1 Å². The number of hydrogen-bond donors (Lipinski definition) is 1. The molecule has 124 valence electrons. The zero-order valence-electron chi connectivity index (χ0n) is 13.5. The van der Waals surface area contributed by atoms with Gasteiger partial charge in [-0.05, 0) is 25.3 Å². The molecule has 1 atom stereocenters. The molecule has 0 aliphatic rings. The summed E-state index contributed by atoms with van der Waals surface area (Å²) >= 11 is 0. The molecule has 1 unspecified atom stereocenters. The number of benzene rings is 1. The van der Waals surface area contributed by atoms with Crippen molar-refractivity contribution in [2.45, 2.75) is 52.6 Å². The van der Waals surface area contributed by atoms with E-state index in [1.54, 1.807) is 6.07 Å². The van der Waals surface area contributed by atoms with E-state index >= 15 is 0 Å². The summed E-state index contributed by atoms with van der Waals surface area (Å²) in [5.74, 6) is 0.806. The fraction of sp³-hybridized carbons (Fsp3) is 0.625. The molecule has 1 N–H and O–H groups in total. The molecule has 1 aromatic rings. The first kappa shape index (κ1) is 18.2. The van der Waals surface area contributed by atoms with Gasteiger partial charge in [-0.2, -0.15) is 0 Å². The van der Waals surface area contributed by atoms with Crippen molar-refractivity contribution >= 4 is 5.69 Å². The van der Waals surface area contributed by atoms with Crippen molar-refractivity contribution in [2.24, 2.45) is 0 Å². The highest BCUT2D eigenvalue weighted by atomic mass is 16.6. The second-order valence-electron chi connectivity index (χ2n) is 5.12. The van der Waals surface area contributed by atoms with Crippen molar-refractivity contribution < 1.29 is 19.5 Å². The van der Waals surface area contributed by atoms with Crippen LogP contribution in [0.2, 0.25) is 0 Å². The summed E-state index contributed by atoms with van der Waals surface area (Å²) in [5.41, 5.74) is 0.151. The molecule has 0 radical (unpaired) electrons. The molecule has 0 bridgehead atoms. The number of nitro benzene ring substituents is 1. The van der Waals surface area contributed by atoms with E-state index in [0.717, 1.165) is 19.3 Å². The van der Waals surface area contributed by atoms with Gasteiger partial charge in [-0.1, -0.05) is 27.2 Å². The second kappa shape index (κ2) is 9.25. The van der Waals surface area contributed by atoms with Crippen molar-refractivity contribution in [3.63, 3.8) is 0 Å². The van der Waals surface area contributed by atoms with Gasteiger partial charge in [0.05, 0.1) is 35.9 Å². The highest BCUT2D eigenvalue weighted by molar-refractivity contribution is 5.55. The minimum absolute atomic E-state index is 0.129. The van der Waals surface area contributed by atoms with Crippen molar-refractivity contribution in [2.75, 3.05) is 13.2 Å². The third kappa shape index (κ3) is 4.87. The fourth-order valence-electron chi connectivity index (χ4n) is 2.07. The first-order chi connectivity index (χ1) is 10.5. The molecule has 0 aromatic heterocycles. The van der Waals surface area contributed by atoms with Gasteiger partial charge < -0.3 is 14.6 Å². The van der Waals surface area contributed by atoms with Crippen molar-refractivity contribution in [1.29, 1.82) is 0 Å². The van der Waals surface area contributed by atoms with E-state index < -0.39 is 11.0 Å². The third-order valence-electron chi connectivity index (χ3n) is 3.13. The molecular weight excluding hydrogens is 286 g/mol. The van der Waals surface area contributed by atoms with E-state index in [9.17, 15) is 15.2 Å². The van der Waals surface area contributed by atoms with Gasteiger partial charge in [0.1, 0.15) is 0 Å². The third-order valence-corrected chi connectivity index (χ3v) is 3.13. The van der Waals surface area contributed by atoms with Gasteiger partial charge in [-0.25, -0.2) is 0 Å². The van der Waals surface area contributed by atoms with Gasteiger partial charge in [-0.15, -0.1) is 0 Å². The molecule has 1 rings (SSSR count). The summed E-state index contributed by atoms with van der Waals surface area (Å²) in [5, 5.41) is 21.4. The molecule has 6 nitrogen and oxygen atoms in total. The van der Waals surface area contributed by atoms with E-state index in [0.29, 0.717) is 31.1 Å². The molecule has 0 aliphatic carbocycles. The maximum absolute atomic E-state index is 11.3. The van der Waals surface area contributed by atoms with E-state index in [-0.39, 0.29) is 11.3 Å². The Labute approximate surface area is 131 Å². The lowest BCUT2D eigenvalue weighted by Crippen LogP contribution is -2.07. The van der Waals surface area contributed by atoms with Crippen LogP contribution in [-0.2, 0) is 0 Å². The first-order valence-electron chi connectivity index (χ1n) is 7.81. The van der Waals surface area contributed by atoms with Crippen molar-refractivity contribution in [3.05, 3.63) is 27.8 Å². The first-order valence-corrected chi connectivity index (χ1v) is 7.81. The van der Waals surface area contributed by atoms with Crippen LogP contribution < -0.4 is 9.47 Å². The lowest BCUT2D eigenvalue weighted by molar-refractivity contribution is -0.386. The zero-order chi connectivity index (χ0) is 16.5. The molecule has 0 saturated heterocycles. The molecule has 0 amide bonds. The summed E-state index contributed by atoms with van der Waals surface area (Å²) < 4.78 is 11.2. The molecule has 0 aliphatic heterocycles. The van der Waals surface area contributed by atoms with Crippen LogP contribution in [0.4, 0.5) is 5.69 Å². The Kier molecular flexibility index (Phi) is 7.66. The van der Waals surface area contributed by atoms with E-state index in [1.807, 2.05) is 20.8 Å². The summed E-state index contributed by atoms with van der Waals surface area (Å²) in [6.45, 7) is 6.80. The monoisotopic (exact) mass is 311 g/mol. The summed E-state index contributed by atoms with van der Waals surface area (Å²) in [6.07, 6.45) is 1.92. The second-order valence-corrected chi connectivity index (χ2v) is 5.12. The van der Waals surface area contributed by atoms with Crippen LogP contribution in [0.3, 0.4) is 0 Å². The van der Waals surface area contributed by atoms with Crippen molar-refractivity contribution in [1.82, 2.24) is 0 Å². The largest absolute Gasteiger partial charge is 0.490 e. The van der Waals surface area contributed by atoms with Crippen LogP contribution in [0.5, 0.6) is 11.5 Å². The summed E-state index contributed by atoms with van der Waals surface area (Å²) in [7, 11) is 0. The van der Waals surface area contributed by atoms with Crippen LogP contribution in [0.25, 0.3) is 0 Å². The highest BCUT2D eigenvalue weighted by Gasteiger charge is 2.24. The quantitative estimate of drug-likeness (QED) is 0.521. The number of nitro groups is 1. The number of ether oxygens (including phenoxy) is 2. The van der Waals surface area contributed by atoms with Crippen molar-refractivity contribution in [3.8, 4) is 11.5 Å². The van der Waals surface area contributed by atoms with Gasteiger partial charge in [0.2, 0.25) is 0 Å². The highest BCUT2D eigenvalue weighted by Crippen LogP contribution is 2.38. The lowest BCUT2D eigenvalue weighted by Gasteiger charge is -2.16. The predicted molar refractivity (Wildman–Crippen MR) is 84.5 cm³/mol. The summed E-state index contributed by atoms with van der Waals surface area (Å²) in [4.78, 5) is 10.8. The molecule has 0 spiro atoms. The number of rotatable bonds is 10. The van der Waals surface area contributed by atoms with E-state index in [1.165, 1.54) is 6.07 Å². The van der Waals surface area contributed by atoms with Gasteiger partial charge in [-0.3, -0.25) is 10.1 Å². The number of nitrogens with zero attached hydrogens (tertiary/aromatic N) is 1. The van der Waals surface area contributed by atoms with Crippen LogP contribution in [-0.4, -0.2) is 23.2 Å². The van der Waals surface area contributed by atoms with Crippen LogP contribution >= 0.6 is 0 Å². The molecule has 22 heavy (non-hydrogen) atoms. The average molecular weight is 311 g/mol. The van der Waals surface area contributed by atoms with Crippen LogP contribution in [0.1, 0.15) is 58.1 Å². The van der Waals surface area contributed by atoms with Crippen LogP contribution in [0, 0.1) is 10.1 Å². The standard InChI is InChI=1S/C16H25NO5/c1-4-7-14(18)12-10-15(21-8-5-2)16(22-9-6-3)11-13(12)17(19)20/h10-11,14,18H,4-9H2,1-3H3. The van der Waals surface area contributed by atoms with Gasteiger partial charge in [0, 0.05) is 0 Å². The Morgan fingerprint density at radius 2 is 1.64 bits per heavy atom. The molecule has 0 heterocycles. The smallest absolute Gasteiger partial charge is 0.279 e. The molecular formula is C16H25NO5. The number of aliphatic hydroxyl groups excluding tert-OH is 1. The fourth-order valence-corrected chi connectivity index (χ4v) is 2.07. The minimum atomic E-state index is -0.880. The summed E-state index contributed by atoms with van der Waals surface area (Å²) in [6, 6.07) is 2.90. The molecule has 0 fully saturated rings. The number of hydrogen-bond acceptors (Lipinski definition) is 5. The maximum atomic E-state index is 11.3. The SMILES string of the molecule is CCCOc1cc(C(O)CCC)c([N+](=O)[O-])cc1OCCC. The van der Waals surface area contributed by atoms with E-state index in [2.05, 4.69) is 0 Å². The molecule has 1 aromatic carbocycles. The number of aliphatic hydroxyl groups is 1. The van der Waals surface area contributed by atoms with E-state index in [4.69, 9.17) is 9.47 Å². The molecule has 6 heteroatoms. The Balaban J connectivity index is 3.26. The molecule has 0 saturated carbocycles. The zero-order valence-corrected chi connectivity index (χ0v) is 13.5. The Morgan fingerprint density at radius 1 is 1.09 bits per heavy atom. The minimum Gasteiger partial charge on any atom is -0.490 e. The topological polar surface area (TPSA) is 81.8 Å². The van der Waals surface area contributed by atoms with Gasteiger partial charge >= 0.3 is 0 Å². The Bertz CT molecular complexity index is 490. The maximum Gasteiger partial charge on any atom is 0.279 e. The van der Waals surface area contributed by atoms with Gasteiger partial charge in [0.15, 0.2) is 11.5 Å². The Morgan fingerprint density at radius 3 is 2.09 bits per heavy atom. The normalized spacial score (nSPS) is 12.0. The van der Waals surface area contributed by atoms with Gasteiger partial charge in [0.25, 0.3) is 5.69 Å². The average Bonchev–Trinajstić information content (AvgIpc) is 2.50.